The summed E-state index contributed by atoms with van der Waals surface area (Å²) in [7, 11) is 2.30. The van der Waals surface area contributed by atoms with Crippen molar-refractivity contribution in [3.63, 3.8) is 0 Å². The van der Waals surface area contributed by atoms with Crippen molar-refractivity contribution < 1.29 is 19.4 Å². The van der Waals surface area contributed by atoms with Crippen LogP contribution < -0.4 is 9.47 Å². The van der Waals surface area contributed by atoms with Crippen LogP contribution in [0.25, 0.3) is 0 Å². The number of nitrogens with zero attached hydrogens (tertiary/aromatic N) is 2. The molecule has 2 bridgehead atoms. The number of likely N-dealkylation sites (N-methyl/N-ethyl adjacent to an activating group) is 1. The number of hydrogen-bond donors (Lipinski definition) is 1. The molecule has 3 aliphatic carbocycles. The van der Waals surface area contributed by atoms with E-state index in [0.717, 1.165) is 51.1 Å². The number of aryl methyl sites for hydroxylation is 1. The molecule has 2 unspecified atom stereocenters. The Balaban J connectivity index is 1.08. The number of carbonyl (C=O) groups is 1. The van der Waals surface area contributed by atoms with E-state index in [2.05, 4.69) is 53.2 Å². The van der Waals surface area contributed by atoms with E-state index in [1.165, 1.54) is 62.1 Å². The zero-order valence-electron chi connectivity index (χ0n) is 24.8. The highest BCUT2D eigenvalue weighted by Gasteiger charge is 2.66. The highest BCUT2D eigenvalue weighted by Crippen LogP contribution is 2.64. The third-order valence-electron chi connectivity index (χ3n) is 11.1. The van der Waals surface area contributed by atoms with Crippen LogP contribution in [0.4, 0.5) is 0 Å². The number of aliphatic hydroxyl groups is 1. The number of ether oxygens (including phenoxy) is 2. The van der Waals surface area contributed by atoms with Crippen LogP contribution in [0.3, 0.4) is 0 Å². The number of benzene rings is 2. The lowest BCUT2D eigenvalue weighted by atomic mass is 9.51. The summed E-state index contributed by atoms with van der Waals surface area (Å²) < 4.78 is 12.7. The molecule has 5 aliphatic rings. The van der Waals surface area contributed by atoms with Gasteiger partial charge in [-0.15, -0.1) is 0 Å². The molecule has 2 aromatic carbocycles. The molecular formula is C35H46N2O4. The summed E-state index contributed by atoms with van der Waals surface area (Å²) in [5.74, 6) is 2.14. The van der Waals surface area contributed by atoms with Gasteiger partial charge < -0.3 is 14.6 Å². The first-order chi connectivity index (χ1) is 20.0. The van der Waals surface area contributed by atoms with Crippen LogP contribution in [0.15, 0.2) is 42.5 Å². The summed E-state index contributed by atoms with van der Waals surface area (Å²) in [5, 5.41) is 10.1. The number of likely N-dealkylation sites (tertiary alicyclic amines) is 1. The van der Waals surface area contributed by atoms with Gasteiger partial charge in [0, 0.05) is 42.4 Å². The number of aliphatic hydroxyl groups excluding tert-OH is 1. The van der Waals surface area contributed by atoms with Crippen molar-refractivity contribution in [3.8, 4) is 11.5 Å². The smallest absolute Gasteiger partial charge is 0.308 e. The largest absolute Gasteiger partial charge is 0.484 e. The number of unbranched alkanes of at least 4 members (excludes halogenated alkanes) is 3. The second-order valence-electron chi connectivity index (χ2n) is 13.6. The van der Waals surface area contributed by atoms with Crippen molar-refractivity contribution >= 4 is 5.97 Å². The Bertz CT molecular complexity index is 1270. The normalized spacial score (nSPS) is 32.9. The number of rotatable bonds is 11. The number of hydrogen-bond acceptors (Lipinski definition) is 6. The summed E-state index contributed by atoms with van der Waals surface area (Å²) in [5.41, 5.74) is 4.15. The fourth-order valence-corrected chi connectivity index (χ4v) is 9.08. The average molecular weight is 559 g/mol. The van der Waals surface area contributed by atoms with Gasteiger partial charge in [0.25, 0.3) is 0 Å². The minimum atomic E-state index is -0.291. The molecule has 1 N–H and O–H groups in total. The molecule has 0 amide bonds. The molecule has 6 heteroatoms. The predicted molar refractivity (Wildman–Crippen MR) is 159 cm³/mol. The van der Waals surface area contributed by atoms with E-state index in [-0.39, 0.29) is 23.6 Å². The van der Waals surface area contributed by atoms with Crippen molar-refractivity contribution in [1.29, 1.82) is 0 Å². The first kappa shape index (κ1) is 27.4. The molecule has 41 heavy (non-hydrogen) atoms. The Morgan fingerprint density at radius 1 is 1.12 bits per heavy atom. The highest BCUT2D eigenvalue weighted by molar-refractivity contribution is 5.72. The van der Waals surface area contributed by atoms with Crippen LogP contribution >= 0.6 is 0 Å². The van der Waals surface area contributed by atoms with Crippen molar-refractivity contribution in [2.24, 2.45) is 11.8 Å². The Hall–Kier alpha value is -2.41. The third-order valence-corrected chi connectivity index (χ3v) is 11.1. The van der Waals surface area contributed by atoms with Gasteiger partial charge in [-0.3, -0.25) is 14.6 Å². The van der Waals surface area contributed by atoms with Crippen molar-refractivity contribution in [3.05, 3.63) is 59.2 Å². The van der Waals surface area contributed by atoms with Gasteiger partial charge in [0.1, 0.15) is 6.10 Å². The van der Waals surface area contributed by atoms with Crippen molar-refractivity contribution in [2.75, 3.05) is 26.7 Å². The highest BCUT2D eigenvalue weighted by atomic mass is 16.6. The van der Waals surface area contributed by atoms with Crippen molar-refractivity contribution in [1.82, 2.24) is 9.80 Å². The van der Waals surface area contributed by atoms with E-state index < -0.39 is 0 Å². The fraction of sp³-hybridized carbons (Fsp3) is 0.629. The minimum absolute atomic E-state index is 0.0186. The molecule has 3 fully saturated rings. The summed E-state index contributed by atoms with van der Waals surface area (Å²) >= 11 is 0. The number of esters is 1. The topological polar surface area (TPSA) is 62.2 Å². The van der Waals surface area contributed by atoms with E-state index in [9.17, 15) is 9.90 Å². The van der Waals surface area contributed by atoms with Gasteiger partial charge in [-0.1, -0.05) is 49.2 Å². The van der Waals surface area contributed by atoms with E-state index in [1.54, 1.807) is 0 Å². The monoisotopic (exact) mass is 558 g/mol. The quantitative estimate of drug-likeness (QED) is 0.234. The third kappa shape index (κ3) is 4.90. The lowest BCUT2D eigenvalue weighted by Gasteiger charge is -2.60. The Morgan fingerprint density at radius 3 is 2.71 bits per heavy atom. The Morgan fingerprint density at radius 2 is 1.93 bits per heavy atom. The molecule has 2 heterocycles. The van der Waals surface area contributed by atoms with Crippen LogP contribution in [0.5, 0.6) is 11.5 Å². The molecule has 220 valence electrons. The SMILES string of the molecule is CC(=O)Oc1ccc2c3c1O[C@H]1[C@H](N(C)CCCCCCc4ccccc4)CC[C@H]4[C@@H](C2)N(CC2CC2O)CC[C@@]341. The van der Waals surface area contributed by atoms with Gasteiger partial charge in [0.15, 0.2) is 11.5 Å². The van der Waals surface area contributed by atoms with Crippen LogP contribution in [0.2, 0.25) is 0 Å². The summed E-state index contributed by atoms with van der Waals surface area (Å²) in [6.45, 7) is 4.64. The molecule has 2 saturated carbocycles. The molecule has 7 rings (SSSR count). The first-order valence-corrected chi connectivity index (χ1v) is 16.1. The van der Waals surface area contributed by atoms with E-state index in [0.29, 0.717) is 29.7 Å². The Labute approximate surface area is 245 Å². The molecule has 6 nitrogen and oxygen atoms in total. The van der Waals surface area contributed by atoms with Crippen LogP contribution in [0.1, 0.15) is 75.0 Å². The summed E-state index contributed by atoms with van der Waals surface area (Å²) in [4.78, 5) is 17.3. The van der Waals surface area contributed by atoms with E-state index >= 15 is 0 Å². The van der Waals surface area contributed by atoms with Crippen LogP contribution in [-0.2, 0) is 23.1 Å². The van der Waals surface area contributed by atoms with Gasteiger partial charge in [0.2, 0.25) is 0 Å². The summed E-state index contributed by atoms with van der Waals surface area (Å²) in [6, 6.07) is 15.8. The second-order valence-corrected chi connectivity index (χ2v) is 13.6. The standard InChI is InChI=1S/C35H46N2O4/c1-23(38)40-31-16-13-25-20-29-27-14-15-28(36(2)18-9-4-3-6-10-24-11-7-5-8-12-24)34-35(27,32(25)33(31)41-34)17-19-37(29)22-26-21-30(26)39/h5,7-8,11-13,16,26-30,34,39H,3-4,6,9-10,14-15,17-22H2,1-2H3/t26?,27-,28+,29+,30?,34-,35-/m0/s1. The molecule has 7 atom stereocenters. The zero-order chi connectivity index (χ0) is 28.1. The van der Waals surface area contributed by atoms with Crippen LogP contribution in [-0.4, -0.2) is 71.8 Å². The molecule has 2 aromatic rings. The maximum atomic E-state index is 12.0. The molecule has 0 aromatic heterocycles. The number of piperidine rings is 1. The van der Waals surface area contributed by atoms with Gasteiger partial charge in [-0.25, -0.2) is 0 Å². The fourth-order valence-electron chi connectivity index (χ4n) is 9.08. The van der Waals surface area contributed by atoms with Crippen LogP contribution in [0, 0.1) is 11.8 Å². The summed E-state index contributed by atoms with van der Waals surface area (Å²) in [6.07, 6.45) is 11.5. The van der Waals surface area contributed by atoms with Gasteiger partial charge in [-0.05, 0) is 94.6 Å². The maximum absolute atomic E-state index is 12.0. The van der Waals surface area contributed by atoms with Crippen molar-refractivity contribution in [2.45, 2.75) is 101 Å². The van der Waals surface area contributed by atoms with Gasteiger partial charge in [-0.2, -0.15) is 0 Å². The van der Waals surface area contributed by atoms with Gasteiger partial charge in [0.05, 0.1) is 6.10 Å². The molecule has 0 radical (unpaired) electrons. The van der Waals surface area contributed by atoms with Gasteiger partial charge >= 0.3 is 5.97 Å². The lowest BCUT2D eigenvalue weighted by Crippen LogP contribution is -2.68. The average Bonchev–Trinajstić information content (AvgIpc) is 3.54. The first-order valence-electron chi connectivity index (χ1n) is 16.1. The second kappa shape index (κ2) is 11.0. The molecule has 1 saturated heterocycles. The minimum Gasteiger partial charge on any atom is -0.484 e. The van der Waals surface area contributed by atoms with E-state index in [4.69, 9.17) is 9.47 Å². The van der Waals surface area contributed by atoms with E-state index in [1.807, 2.05) is 6.07 Å². The predicted octanol–water partition coefficient (Wildman–Crippen LogP) is 5.14. The maximum Gasteiger partial charge on any atom is 0.308 e. The lowest BCUT2D eigenvalue weighted by molar-refractivity contribution is -0.132. The molecule has 1 spiro atoms. The Kier molecular flexibility index (Phi) is 7.37. The molecular weight excluding hydrogens is 512 g/mol. The zero-order valence-corrected chi connectivity index (χ0v) is 24.8. The molecule has 2 aliphatic heterocycles. The number of carbonyl (C=O) groups excluding carboxylic acids is 1.